The molecule has 6 rings (SSSR count). The standard InChI is InChI=1S/C28H29ClF3N3O7S/c1-42-27(38)35-6-2-3-22(35)26(37)33-13-28(39)15-8-16(28)10-18(9-15)43(40,41)23-7-14(4-5-19(23)29)25(36)34-17-11-20(30)24(32)21(31)12-17/h4-5,7,11-12,15-16,18,22,39H,2-3,6,8-10,13H2,1H3,(H,33,37)(H,34,36). The topological polar surface area (TPSA) is 142 Å². The van der Waals surface area contributed by atoms with Gasteiger partial charge in [-0.05, 0) is 62.1 Å². The van der Waals surface area contributed by atoms with Crippen LogP contribution in [0.2, 0.25) is 5.02 Å². The van der Waals surface area contributed by atoms with Crippen LogP contribution in [-0.4, -0.2) is 73.4 Å². The maximum absolute atomic E-state index is 13.7. The number of likely N-dealkylation sites (tertiary alicyclic amines) is 1. The molecule has 3 atom stereocenters. The van der Waals surface area contributed by atoms with Gasteiger partial charge in [0.25, 0.3) is 5.91 Å². The largest absolute Gasteiger partial charge is 0.453 e. The van der Waals surface area contributed by atoms with Crippen LogP contribution < -0.4 is 10.6 Å². The molecule has 2 aromatic carbocycles. The molecular formula is C28H29ClF3N3O7S. The van der Waals surface area contributed by atoms with Crippen LogP contribution in [0.25, 0.3) is 0 Å². The molecule has 4 aliphatic rings. The van der Waals surface area contributed by atoms with Crippen molar-refractivity contribution in [2.75, 3.05) is 25.5 Å². The number of carbonyl (C=O) groups excluding carboxylic acids is 3. The minimum Gasteiger partial charge on any atom is -0.453 e. The Kier molecular flexibility index (Phi) is 8.40. The molecule has 4 fully saturated rings. The quantitative estimate of drug-likeness (QED) is 0.391. The Balaban J connectivity index is 1.26. The summed E-state index contributed by atoms with van der Waals surface area (Å²) < 4.78 is 72.4. The van der Waals surface area contributed by atoms with Crippen molar-refractivity contribution in [3.05, 3.63) is 58.4 Å². The zero-order chi connectivity index (χ0) is 31.3. The second-order valence-corrected chi connectivity index (χ2v) is 13.8. The lowest BCUT2D eigenvalue weighted by Crippen LogP contribution is -2.66. The number of benzene rings is 2. The Bertz CT molecular complexity index is 1560. The molecule has 1 heterocycles. The highest BCUT2D eigenvalue weighted by atomic mass is 35.5. The zero-order valence-corrected chi connectivity index (χ0v) is 24.5. The Morgan fingerprint density at radius 2 is 1.74 bits per heavy atom. The summed E-state index contributed by atoms with van der Waals surface area (Å²) in [5.41, 5.74) is -1.85. The maximum Gasteiger partial charge on any atom is 0.410 e. The summed E-state index contributed by atoms with van der Waals surface area (Å²) in [5, 5.41) is 15.2. The van der Waals surface area contributed by atoms with Gasteiger partial charge >= 0.3 is 6.09 Å². The number of rotatable bonds is 7. The van der Waals surface area contributed by atoms with E-state index in [0.29, 0.717) is 37.9 Å². The molecule has 3 N–H and O–H groups in total. The van der Waals surface area contributed by atoms with Gasteiger partial charge in [-0.25, -0.2) is 26.4 Å². The smallest absolute Gasteiger partial charge is 0.410 e. The van der Waals surface area contributed by atoms with Gasteiger partial charge < -0.3 is 20.5 Å². The Morgan fingerprint density at radius 3 is 2.37 bits per heavy atom. The number of hydrogen-bond acceptors (Lipinski definition) is 7. The molecule has 3 amide bonds. The number of amides is 3. The monoisotopic (exact) mass is 643 g/mol. The molecule has 0 aromatic heterocycles. The number of methoxy groups -OCH3 is 1. The van der Waals surface area contributed by atoms with E-state index in [1.54, 1.807) is 0 Å². The van der Waals surface area contributed by atoms with Gasteiger partial charge in [0, 0.05) is 36.5 Å². The summed E-state index contributed by atoms with van der Waals surface area (Å²) in [6, 6.07) is 3.97. The molecular weight excluding hydrogens is 615 g/mol. The van der Waals surface area contributed by atoms with Gasteiger partial charge in [0.05, 0.1) is 27.9 Å². The number of nitrogens with one attached hydrogen (secondary N) is 2. The summed E-state index contributed by atoms with van der Waals surface area (Å²) in [7, 11) is -2.86. The first-order valence-corrected chi connectivity index (χ1v) is 15.5. The highest BCUT2D eigenvalue weighted by molar-refractivity contribution is 7.92. The fourth-order valence-electron chi connectivity index (χ4n) is 6.39. The first-order chi connectivity index (χ1) is 20.3. The van der Waals surface area contributed by atoms with Crippen molar-refractivity contribution in [3.63, 3.8) is 0 Å². The number of fused-ring (bicyclic) bond motifs is 2. The molecule has 232 valence electrons. The number of nitrogens with zero attached hydrogens (tertiary/aromatic N) is 1. The van der Waals surface area contributed by atoms with E-state index in [2.05, 4.69) is 10.6 Å². The molecule has 0 radical (unpaired) electrons. The van der Waals surface area contributed by atoms with Crippen molar-refractivity contribution in [1.82, 2.24) is 10.2 Å². The molecule has 3 unspecified atom stereocenters. The van der Waals surface area contributed by atoms with E-state index in [0.717, 1.165) is 6.07 Å². The van der Waals surface area contributed by atoms with Crippen molar-refractivity contribution in [3.8, 4) is 0 Å². The molecule has 10 nitrogen and oxygen atoms in total. The van der Waals surface area contributed by atoms with Crippen molar-refractivity contribution in [1.29, 1.82) is 0 Å². The molecule has 1 aliphatic heterocycles. The summed E-state index contributed by atoms with van der Waals surface area (Å²) in [5.74, 6) is -6.89. The van der Waals surface area contributed by atoms with Crippen molar-refractivity contribution in [2.45, 2.75) is 53.9 Å². The van der Waals surface area contributed by atoms with E-state index in [1.165, 1.54) is 24.1 Å². The minimum absolute atomic E-state index is 0.0871. The molecule has 43 heavy (non-hydrogen) atoms. The lowest BCUT2D eigenvalue weighted by molar-refractivity contribution is -0.174. The van der Waals surface area contributed by atoms with E-state index in [9.17, 15) is 41.1 Å². The first kappa shape index (κ1) is 31.1. The third kappa shape index (κ3) is 5.67. The predicted octanol–water partition coefficient (Wildman–Crippen LogP) is 3.66. The SMILES string of the molecule is COC(=O)N1CCCC1C(=O)NCC1(O)C2CC1CC(S(=O)(=O)c1cc(C(=O)Nc3cc(F)c(F)c(F)c3)ccc1Cl)C2. The second kappa shape index (κ2) is 11.6. The van der Waals surface area contributed by atoms with E-state index < -0.39 is 73.9 Å². The average molecular weight is 644 g/mol. The first-order valence-electron chi connectivity index (χ1n) is 13.6. The number of carbonyl (C=O) groups is 3. The van der Waals surface area contributed by atoms with E-state index in [1.807, 2.05) is 0 Å². The molecule has 3 saturated carbocycles. The third-order valence-corrected chi connectivity index (χ3v) is 11.4. The minimum atomic E-state index is -4.10. The molecule has 2 bridgehead atoms. The second-order valence-electron chi connectivity index (χ2n) is 11.2. The van der Waals surface area contributed by atoms with Gasteiger partial charge in [-0.3, -0.25) is 14.5 Å². The molecule has 1 saturated heterocycles. The Labute approximate surface area is 250 Å². The number of halogens is 4. The van der Waals surface area contributed by atoms with Crippen LogP contribution in [0.5, 0.6) is 0 Å². The number of aliphatic hydroxyl groups is 1. The van der Waals surface area contributed by atoms with Crippen LogP contribution in [0.4, 0.5) is 23.7 Å². The molecule has 2 aromatic rings. The lowest BCUT2D eigenvalue weighted by atomic mass is 9.53. The Hall–Kier alpha value is -3.36. The number of hydrogen-bond donors (Lipinski definition) is 3. The van der Waals surface area contributed by atoms with Crippen LogP contribution in [0.3, 0.4) is 0 Å². The molecule has 15 heteroatoms. The van der Waals surface area contributed by atoms with Crippen molar-refractivity contribution >= 4 is 45.0 Å². The van der Waals surface area contributed by atoms with Crippen LogP contribution in [0.1, 0.15) is 42.5 Å². The van der Waals surface area contributed by atoms with Gasteiger partial charge in [0.2, 0.25) is 5.91 Å². The van der Waals surface area contributed by atoms with E-state index in [-0.39, 0.29) is 40.6 Å². The van der Waals surface area contributed by atoms with Gasteiger partial charge in [-0.1, -0.05) is 11.6 Å². The molecule has 0 spiro atoms. The summed E-state index contributed by atoms with van der Waals surface area (Å²) in [6.45, 7) is 0.287. The third-order valence-electron chi connectivity index (χ3n) is 8.77. The van der Waals surface area contributed by atoms with Crippen molar-refractivity contribution < 1.29 is 45.8 Å². The normalized spacial score (nSPS) is 26.4. The summed E-state index contributed by atoms with van der Waals surface area (Å²) in [6.07, 6.45) is 1.23. The highest BCUT2D eigenvalue weighted by Crippen LogP contribution is 2.55. The number of sulfone groups is 1. The van der Waals surface area contributed by atoms with Gasteiger partial charge in [0.1, 0.15) is 6.04 Å². The zero-order valence-electron chi connectivity index (χ0n) is 22.9. The van der Waals surface area contributed by atoms with E-state index >= 15 is 0 Å². The van der Waals surface area contributed by atoms with Crippen LogP contribution in [-0.2, 0) is 19.4 Å². The highest BCUT2D eigenvalue weighted by Gasteiger charge is 2.60. The summed E-state index contributed by atoms with van der Waals surface area (Å²) >= 11 is 6.23. The predicted molar refractivity (Wildman–Crippen MR) is 148 cm³/mol. The van der Waals surface area contributed by atoms with Crippen LogP contribution >= 0.6 is 11.6 Å². The van der Waals surface area contributed by atoms with Crippen molar-refractivity contribution in [2.24, 2.45) is 11.8 Å². The fraction of sp³-hybridized carbons (Fsp3) is 0.464. The summed E-state index contributed by atoms with van der Waals surface area (Å²) in [4.78, 5) is 38.5. The van der Waals surface area contributed by atoms with Gasteiger partial charge in [-0.15, -0.1) is 0 Å². The molecule has 3 aliphatic carbocycles. The van der Waals surface area contributed by atoms with E-state index in [4.69, 9.17) is 16.3 Å². The Morgan fingerprint density at radius 1 is 1.09 bits per heavy atom. The van der Waals surface area contributed by atoms with Gasteiger partial charge in [-0.2, -0.15) is 0 Å². The number of anilines is 1. The fourth-order valence-corrected chi connectivity index (χ4v) is 8.79. The van der Waals surface area contributed by atoms with Gasteiger partial charge in [0.15, 0.2) is 27.3 Å². The lowest BCUT2D eigenvalue weighted by Gasteiger charge is -2.58. The maximum atomic E-state index is 13.7. The average Bonchev–Trinajstić information content (AvgIpc) is 3.48. The number of ether oxygens (including phenoxy) is 1. The van der Waals surface area contributed by atoms with Crippen LogP contribution in [0, 0.1) is 29.3 Å². The van der Waals surface area contributed by atoms with Crippen LogP contribution in [0.15, 0.2) is 35.2 Å².